The normalized spacial score (nSPS) is 13.8. The van der Waals surface area contributed by atoms with Gasteiger partial charge in [0.2, 0.25) is 0 Å². The van der Waals surface area contributed by atoms with Crippen LogP contribution in [0.15, 0.2) is 30.8 Å². The number of anilines is 1. The highest BCUT2D eigenvalue weighted by molar-refractivity contribution is 6.15. The van der Waals surface area contributed by atoms with Crippen LogP contribution in [0.25, 0.3) is 16.7 Å². The number of carbonyl (C=O) groups is 1. The smallest absolute Gasteiger partial charge is 0.338 e. The van der Waals surface area contributed by atoms with Crippen molar-refractivity contribution in [1.82, 2.24) is 0 Å². The van der Waals surface area contributed by atoms with E-state index >= 15 is 0 Å². The molecule has 0 bridgehead atoms. The second kappa shape index (κ2) is 6.31. The molecule has 0 aliphatic heterocycles. The topological polar surface area (TPSA) is 29.5 Å². The van der Waals surface area contributed by atoms with E-state index in [2.05, 4.69) is 49.8 Å². The minimum absolute atomic E-state index is 0.317. The van der Waals surface area contributed by atoms with Gasteiger partial charge in [0.1, 0.15) is 0 Å². The first-order valence-corrected chi connectivity index (χ1v) is 9.35. The third kappa shape index (κ3) is 2.63. The average Bonchev–Trinajstić information content (AvgIpc) is 2.64. The Balaban J connectivity index is 1.83. The lowest BCUT2D eigenvalue weighted by Gasteiger charge is -2.31. The van der Waals surface area contributed by atoms with Gasteiger partial charge in [0.05, 0.1) is 12.2 Å². The number of esters is 1. The standard InChI is InChI=1S/C23H25NO2/c1-5-26-23(25)14(2)19-10-15-6-8-17-12-20(24(3)4)13-18-9-7-16(11-19)21(15)22(17)18/h10-13H,2,5-9H2,1,3-4H3. The van der Waals surface area contributed by atoms with Crippen molar-refractivity contribution in [2.24, 2.45) is 0 Å². The molecule has 4 rings (SSSR count). The lowest BCUT2D eigenvalue weighted by Crippen LogP contribution is -2.17. The van der Waals surface area contributed by atoms with Crippen molar-refractivity contribution in [1.29, 1.82) is 0 Å². The van der Waals surface area contributed by atoms with Gasteiger partial charge < -0.3 is 9.64 Å². The molecular weight excluding hydrogens is 322 g/mol. The Morgan fingerprint density at radius 1 is 0.962 bits per heavy atom. The molecule has 0 aromatic heterocycles. The fourth-order valence-corrected chi connectivity index (χ4v) is 4.25. The van der Waals surface area contributed by atoms with Crippen molar-refractivity contribution in [3.8, 4) is 11.1 Å². The number of benzene rings is 2. The molecular formula is C23H25NO2. The van der Waals surface area contributed by atoms with Gasteiger partial charge in [-0.1, -0.05) is 18.7 Å². The molecule has 0 radical (unpaired) electrons. The van der Waals surface area contributed by atoms with Crippen molar-refractivity contribution < 1.29 is 9.53 Å². The van der Waals surface area contributed by atoms with Crippen LogP contribution in [0.5, 0.6) is 0 Å². The molecule has 2 aliphatic rings. The Labute approximate surface area is 155 Å². The largest absolute Gasteiger partial charge is 0.462 e. The molecule has 0 atom stereocenters. The van der Waals surface area contributed by atoms with Crippen molar-refractivity contribution >= 4 is 17.2 Å². The van der Waals surface area contributed by atoms with E-state index < -0.39 is 0 Å². The van der Waals surface area contributed by atoms with Crippen LogP contribution in [0.3, 0.4) is 0 Å². The van der Waals surface area contributed by atoms with Gasteiger partial charge in [-0.2, -0.15) is 0 Å². The van der Waals surface area contributed by atoms with E-state index in [1.165, 1.54) is 39.1 Å². The number of hydrogen-bond donors (Lipinski definition) is 0. The molecule has 0 saturated heterocycles. The molecule has 3 nitrogen and oxygen atoms in total. The van der Waals surface area contributed by atoms with Gasteiger partial charge in [-0.15, -0.1) is 0 Å². The van der Waals surface area contributed by atoms with Gasteiger partial charge in [-0.25, -0.2) is 4.79 Å². The molecule has 26 heavy (non-hydrogen) atoms. The molecule has 3 heteroatoms. The third-order valence-electron chi connectivity index (χ3n) is 5.55. The molecule has 0 unspecified atom stereocenters. The Morgan fingerprint density at radius 2 is 1.42 bits per heavy atom. The summed E-state index contributed by atoms with van der Waals surface area (Å²) < 4.78 is 5.14. The number of hydrogen-bond acceptors (Lipinski definition) is 3. The predicted octanol–water partition coefficient (Wildman–Crippen LogP) is 4.19. The number of nitrogens with zero attached hydrogens (tertiary/aromatic N) is 1. The Kier molecular flexibility index (Phi) is 4.10. The number of rotatable bonds is 4. The van der Waals surface area contributed by atoms with Crippen LogP contribution >= 0.6 is 0 Å². The maximum absolute atomic E-state index is 12.1. The van der Waals surface area contributed by atoms with E-state index in [4.69, 9.17) is 4.74 Å². The monoisotopic (exact) mass is 347 g/mol. The first kappa shape index (κ1) is 16.9. The molecule has 0 spiro atoms. The third-order valence-corrected chi connectivity index (χ3v) is 5.55. The summed E-state index contributed by atoms with van der Waals surface area (Å²) in [6.07, 6.45) is 4.11. The second-order valence-corrected chi connectivity index (χ2v) is 7.40. The maximum atomic E-state index is 12.1. The van der Waals surface area contributed by atoms with Crippen LogP contribution in [-0.4, -0.2) is 26.7 Å². The fraction of sp³-hybridized carbons (Fsp3) is 0.348. The minimum atomic E-state index is -0.317. The molecule has 2 aliphatic carbocycles. The van der Waals surface area contributed by atoms with E-state index in [1.54, 1.807) is 0 Å². The summed E-state index contributed by atoms with van der Waals surface area (Å²) in [6, 6.07) is 8.97. The van der Waals surface area contributed by atoms with Gasteiger partial charge in [-0.05, 0) is 83.7 Å². The van der Waals surface area contributed by atoms with Gasteiger partial charge in [0.25, 0.3) is 0 Å². The van der Waals surface area contributed by atoms with E-state index in [-0.39, 0.29) is 5.97 Å². The molecule has 0 N–H and O–H groups in total. The van der Waals surface area contributed by atoms with Gasteiger partial charge in [0, 0.05) is 19.8 Å². The molecule has 134 valence electrons. The summed E-state index contributed by atoms with van der Waals surface area (Å²) >= 11 is 0. The van der Waals surface area contributed by atoms with E-state index in [1.807, 2.05) is 6.92 Å². The van der Waals surface area contributed by atoms with Crippen molar-refractivity contribution in [2.75, 3.05) is 25.6 Å². The summed E-state index contributed by atoms with van der Waals surface area (Å²) in [6.45, 7) is 6.18. The molecule has 2 aromatic rings. The molecule has 0 saturated carbocycles. The molecule has 2 aromatic carbocycles. The first-order valence-electron chi connectivity index (χ1n) is 9.35. The van der Waals surface area contributed by atoms with E-state index in [0.717, 1.165) is 31.2 Å². The van der Waals surface area contributed by atoms with Crippen molar-refractivity contribution in [2.45, 2.75) is 32.6 Å². The van der Waals surface area contributed by atoms with Crippen molar-refractivity contribution in [3.05, 3.63) is 58.7 Å². The highest BCUT2D eigenvalue weighted by Gasteiger charge is 2.27. The zero-order valence-electron chi connectivity index (χ0n) is 15.8. The van der Waals surface area contributed by atoms with Crippen molar-refractivity contribution in [3.63, 3.8) is 0 Å². The summed E-state index contributed by atoms with van der Waals surface area (Å²) in [7, 11) is 4.21. The minimum Gasteiger partial charge on any atom is -0.462 e. The van der Waals surface area contributed by atoms with E-state index in [0.29, 0.717) is 12.2 Å². The maximum Gasteiger partial charge on any atom is 0.338 e. The Morgan fingerprint density at radius 3 is 1.85 bits per heavy atom. The quantitative estimate of drug-likeness (QED) is 0.613. The fourth-order valence-electron chi connectivity index (χ4n) is 4.25. The van der Waals surface area contributed by atoms with Gasteiger partial charge >= 0.3 is 5.97 Å². The number of carbonyl (C=O) groups excluding carboxylic acids is 1. The summed E-state index contributed by atoms with van der Waals surface area (Å²) in [5.41, 5.74) is 11.1. The SMILES string of the molecule is C=C(C(=O)OCC)c1cc2c3c(c1)CCc1cc(N(C)C)cc(c1-3)CC2. The Hall–Kier alpha value is -2.55. The summed E-state index contributed by atoms with van der Waals surface area (Å²) in [5.74, 6) is -0.317. The number of ether oxygens (including phenoxy) is 1. The summed E-state index contributed by atoms with van der Waals surface area (Å²) in [5, 5.41) is 0. The highest BCUT2D eigenvalue weighted by atomic mass is 16.5. The first-order chi connectivity index (χ1) is 12.5. The summed E-state index contributed by atoms with van der Waals surface area (Å²) in [4.78, 5) is 14.3. The van der Waals surface area contributed by atoms with Crippen LogP contribution in [0.1, 0.15) is 34.7 Å². The van der Waals surface area contributed by atoms with Crippen LogP contribution in [0, 0.1) is 0 Å². The van der Waals surface area contributed by atoms with Crippen LogP contribution in [-0.2, 0) is 35.2 Å². The molecule has 0 amide bonds. The number of aryl methyl sites for hydroxylation is 4. The van der Waals surface area contributed by atoms with Gasteiger partial charge in [-0.3, -0.25) is 0 Å². The highest BCUT2D eigenvalue weighted by Crippen LogP contribution is 2.45. The zero-order chi connectivity index (χ0) is 18.4. The van der Waals surface area contributed by atoms with Crippen LogP contribution < -0.4 is 4.90 Å². The van der Waals surface area contributed by atoms with Crippen LogP contribution in [0.4, 0.5) is 5.69 Å². The molecule has 0 fully saturated rings. The van der Waals surface area contributed by atoms with E-state index in [9.17, 15) is 4.79 Å². The Bertz CT molecular complexity index is 874. The lowest BCUT2D eigenvalue weighted by atomic mass is 9.74. The van der Waals surface area contributed by atoms with Gasteiger partial charge in [0.15, 0.2) is 0 Å². The second-order valence-electron chi connectivity index (χ2n) is 7.40. The zero-order valence-corrected chi connectivity index (χ0v) is 15.8. The van der Waals surface area contributed by atoms with Crippen LogP contribution in [0.2, 0.25) is 0 Å². The lowest BCUT2D eigenvalue weighted by molar-refractivity contribution is -0.136. The average molecular weight is 347 g/mol. The predicted molar refractivity (Wildman–Crippen MR) is 107 cm³/mol. The molecule has 0 heterocycles.